The second-order valence-corrected chi connectivity index (χ2v) is 20.1. The standard InChI is InChI=1S/C53H103O10P/c1-3-5-7-9-11-13-15-17-19-21-23-24-25-26-27-29-30-32-34-36-38-40-42-44-52(56)60-48-51(49-62-64(58,59)61-47-50(55)46-54)63-53(57)45-43-41-39-37-35-33-31-28-22-20-18-16-14-12-10-8-6-4-2/h36,38,50-51,54-55H,3-35,37,39-49H2,1-2H3,(H,58,59)/b38-36+/t50-,51+/m1/s1. The molecule has 0 aliphatic rings. The van der Waals surface area contributed by atoms with E-state index < -0.39 is 51.8 Å². The number of carbonyl (C=O) groups is 2. The van der Waals surface area contributed by atoms with E-state index in [1.165, 1.54) is 205 Å². The molecule has 3 atom stereocenters. The van der Waals surface area contributed by atoms with E-state index in [-0.39, 0.29) is 19.4 Å². The lowest BCUT2D eigenvalue weighted by atomic mass is 10.0. The lowest BCUT2D eigenvalue weighted by Gasteiger charge is -2.20. The van der Waals surface area contributed by atoms with Gasteiger partial charge in [0.15, 0.2) is 6.10 Å². The quantitative estimate of drug-likeness (QED) is 0.0233. The van der Waals surface area contributed by atoms with E-state index in [2.05, 4.69) is 26.0 Å². The van der Waals surface area contributed by atoms with Crippen LogP contribution in [0.4, 0.5) is 0 Å². The molecule has 64 heavy (non-hydrogen) atoms. The Balaban J connectivity index is 4.12. The number of aliphatic hydroxyl groups is 2. The van der Waals surface area contributed by atoms with Crippen LogP contribution in [0.1, 0.15) is 277 Å². The first-order valence-electron chi connectivity index (χ1n) is 27.1. The molecule has 0 radical (unpaired) electrons. The first-order chi connectivity index (χ1) is 31.2. The van der Waals surface area contributed by atoms with E-state index in [0.29, 0.717) is 12.8 Å². The van der Waals surface area contributed by atoms with E-state index in [1.807, 2.05) is 0 Å². The number of esters is 2. The van der Waals surface area contributed by atoms with E-state index in [1.54, 1.807) is 0 Å². The van der Waals surface area contributed by atoms with Crippen molar-refractivity contribution in [2.24, 2.45) is 0 Å². The molecule has 0 aliphatic heterocycles. The Morgan fingerprint density at radius 1 is 0.453 bits per heavy atom. The van der Waals surface area contributed by atoms with Crippen molar-refractivity contribution in [3.63, 3.8) is 0 Å². The molecule has 0 aromatic heterocycles. The van der Waals surface area contributed by atoms with Gasteiger partial charge in [0.05, 0.1) is 19.8 Å². The number of carbonyl (C=O) groups excluding carboxylic acids is 2. The number of unbranched alkanes of at least 4 members (excludes halogenated alkanes) is 36. The number of rotatable bonds is 52. The smallest absolute Gasteiger partial charge is 0.462 e. The molecule has 0 spiro atoms. The van der Waals surface area contributed by atoms with E-state index in [9.17, 15) is 24.2 Å². The Kier molecular flexibility index (Phi) is 48.6. The van der Waals surface area contributed by atoms with Crippen LogP contribution in [0.15, 0.2) is 12.2 Å². The Morgan fingerprint density at radius 2 is 0.781 bits per heavy atom. The van der Waals surface area contributed by atoms with Crippen molar-refractivity contribution in [1.29, 1.82) is 0 Å². The Labute approximate surface area is 394 Å². The third-order valence-corrected chi connectivity index (χ3v) is 13.1. The summed E-state index contributed by atoms with van der Waals surface area (Å²) >= 11 is 0. The SMILES string of the molecule is CCCCCCCCCCCCCCCCCCCC/C=C/CCCC(=O)OC[C@@H](COP(=O)(O)OC[C@H](O)CO)OC(=O)CCCCCCCCCCCCCCCCCCCC. The fraction of sp³-hybridized carbons (Fsp3) is 0.925. The molecule has 3 N–H and O–H groups in total. The number of hydrogen-bond donors (Lipinski definition) is 3. The van der Waals surface area contributed by atoms with Crippen molar-refractivity contribution in [2.45, 2.75) is 289 Å². The van der Waals surface area contributed by atoms with Gasteiger partial charge in [-0.3, -0.25) is 18.6 Å². The van der Waals surface area contributed by atoms with Crippen LogP contribution in [-0.4, -0.2) is 65.7 Å². The van der Waals surface area contributed by atoms with Crippen LogP contribution in [-0.2, 0) is 32.7 Å². The maximum Gasteiger partial charge on any atom is 0.472 e. The van der Waals surface area contributed by atoms with Crippen LogP contribution >= 0.6 is 7.82 Å². The summed E-state index contributed by atoms with van der Waals surface area (Å²) in [7, 11) is -4.62. The van der Waals surface area contributed by atoms with Gasteiger partial charge in [-0.15, -0.1) is 0 Å². The van der Waals surface area contributed by atoms with Crippen LogP contribution in [0.5, 0.6) is 0 Å². The van der Waals surface area contributed by atoms with Crippen LogP contribution in [0.3, 0.4) is 0 Å². The van der Waals surface area contributed by atoms with Crippen molar-refractivity contribution < 1.29 is 47.8 Å². The summed E-state index contributed by atoms with van der Waals surface area (Å²) in [6.45, 7) is 2.42. The van der Waals surface area contributed by atoms with Gasteiger partial charge in [-0.25, -0.2) is 4.57 Å². The monoisotopic (exact) mass is 931 g/mol. The second kappa shape index (κ2) is 49.6. The normalized spacial score (nSPS) is 13.6. The van der Waals surface area contributed by atoms with Gasteiger partial charge in [0.1, 0.15) is 12.7 Å². The molecule has 0 bridgehead atoms. The second-order valence-electron chi connectivity index (χ2n) is 18.6. The van der Waals surface area contributed by atoms with Crippen LogP contribution in [0.25, 0.3) is 0 Å². The highest BCUT2D eigenvalue weighted by molar-refractivity contribution is 7.47. The maximum absolute atomic E-state index is 12.7. The minimum Gasteiger partial charge on any atom is -0.462 e. The number of hydrogen-bond acceptors (Lipinski definition) is 9. The van der Waals surface area contributed by atoms with Gasteiger partial charge in [-0.1, -0.05) is 244 Å². The Hall–Kier alpha value is -1.29. The van der Waals surface area contributed by atoms with Crippen molar-refractivity contribution in [3.05, 3.63) is 12.2 Å². The summed E-state index contributed by atoms with van der Waals surface area (Å²) in [6, 6.07) is 0. The highest BCUT2D eigenvalue weighted by atomic mass is 31.2. The minimum atomic E-state index is -4.62. The highest BCUT2D eigenvalue weighted by Crippen LogP contribution is 2.43. The Bertz CT molecular complexity index is 1070. The zero-order valence-corrected chi connectivity index (χ0v) is 42.7. The summed E-state index contributed by atoms with van der Waals surface area (Å²) in [5.74, 6) is -0.943. The largest absolute Gasteiger partial charge is 0.472 e. The molecular formula is C53H103O10P. The van der Waals surface area contributed by atoms with Gasteiger partial charge in [-0.05, 0) is 32.1 Å². The molecule has 11 heteroatoms. The first kappa shape index (κ1) is 62.7. The molecule has 0 aliphatic carbocycles. The minimum absolute atomic E-state index is 0.186. The van der Waals surface area contributed by atoms with Gasteiger partial charge in [0, 0.05) is 12.8 Å². The molecule has 1 unspecified atom stereocenters. The van der Waals surface area contributed by atoms with Crippen molar-refractivity contribution in [2.75, 3.05) is 26.4 Å². The van der Waals surface area contributed by atoms with Gasteiger partial charge >= 0.3 is 19.8 Å². The van der Waals surface area contributed by atoms with Crippen molar-refractivity contribution in [3.8, 4) is 0 Å². The number of allylic oxidation sites excluding steroid dienone is 2. The average molecular weight is 931 g/mol. The summed E-state index contributed by atoms with van der Waals surface area (Å²) in [5.41, 5.74) is 0. The van der Waals surface area contributed by atoms with Crippen LogP contribution < -0.4 is 0 Å². The van der Waals surface area contributed by atoms with Crippen LogP contribution in [0.2, 0.25) is 0 Å². The van der Waals surface area contributed by atoms with E-state index in [4.69, 9.17) is 23.6 Å². The molecule has 380 valence electrons. The number of phosphoric ester groups is 1. The molecule has 0 rings (SSSR count). The van der Waals surface area contributed by atoms with Gasteiger partial charge in [-0.2, -0.15) is 0 Å². The first-order valence-corrected chi connectivity index (χ1v) is 28.6. The predicted molar refractivity (Wildman–Crippen MR) is 265 cm³/mol. The predicted octanol–water partition coefficient (Wildman–Crippen LogP) is 15.5. The maximum atomic E-state index is 12.7. The topological polar surface area (TPSA) is 149 Å². The van der Waals surface area contributed by atoms with E-state index >= 15 is 0 Å². The fourth-order valence-electron chi connectivity index (χ4n) is 8.00. The summed E-state index contributed by atoms with van der Waals surface area (Å²) in [4.78, 5) is 35.2. The zero-order valence-electron chi connectivity index (χ0n) is 41.8. The fourth-order valence-corrected chi connectivity index (χ4v) is 8.79. The Morgan fingerprint density at radius 3 is 1.17 bits per heavy atom. The molecule has 10 nitrogen and oxygen atoms in total. The summed E-state index contributed by atoms with van der Waals surface area (Å²) in [6.07, 6.45) is 52.0. The summed E-state index contributed by atoms with van der Waals surface area (Å²) < 4.78 is 32.9. The molecular weight excluding hydrogens is 828 g/mol. The van der Waals surface area contributed by atoms with Crippen LogP contribution in [0, 0.1) is 0 Å². The highest BCUT2D eigenvalue weighted by Gasteiger charge is 2.27. The zero-order chi connectivity index (χ0) is 46.9. The third-order valence-electron chi connectivity index (χ3n) is 12.2. The molecule has 0 amide bonds. The number of ether oxygens (including phenoxy) is 2. The average Bonchev–Trinajstić information content (AvgIpc) is 3.28. The molecule has 0 heterocycles. The van der Waals surface area contributed by atoms with Gasteiger partial charge in [0.2, 0.25) is 0 Å². The molecule has 0 saturated heterocycles. The van der Waals surface area contributed by atoms with Gasteiger partial charge in [0.25, 0.3) is 0 Å². The summed E-state index contributed by atoms with van der Waals surface area (Å²) in [5, 5.41) is 18.4. The number of phosphoric acid groups is 1. The number of aliphatic hydroxyl groups excluding tert-OH is 2. The van der Waals surface area contributed by atoms with Gasteiger partial charge < -0.3 is 24.6 Å². The van der Waals surface area contributed by atoms with Crippen molar-refractivity contribution >= 4 is 19.8 Å². The van der Waals surface area contributed by atoms with Crippen molar-refractivity contribution in [1.82, 2.24) is 0 Å². The molecule has 0 aromatic carbocycles. The molecule has 0 fully saturated rings. The lowest BCUT2D eigenvalue weighted by Crippen LogP contribution is -2.29. The third kappa shape index (κ3) is 48.6. The van der Waals surface area contributed by atoms with E-state index in [0.717, 1.165) is 32.1 Å². The lowest BCUT2D eigenvalue weighted by molar-refractivity contribution is -0.161. The molecule has 0 aromatic rings. The molecule has 0 saturated carbocycles.